The summed E-state index contributed by atoms with van der Waals surface area (Å²) in [4.78, 5) is 19.6. The molecule has 0 radical (unpaired) electrons. The third kappa shape index (κ3) is 3.03. The summed E-state index contributed by atoms with van der Waals surface area (Å²) >= 11 is 1.73. The van der Waals surface area contributed by atoms with Gasteiger partial charge < -0.3 is 9.64 Å². The maximum Gasteiger partial charge on any atom is 0.316 e. The first-order valence-corrected chi connectivity index (χ1v) is 9.03. The molecule has 6 nitrogen and oxygen atoms in total. The maximum absolute atomic E-state index is 5.74. The van der Waals surface area contributed by atoms with Crippen LogP contribution in [0, 0.1) is 12.8 Å². The van der Waals surface area contributed by atoms with E-state index >= 15 is 0 Å². The number of hydrogen-bond acceptors (Lipinski definition) is 7. The molecule has 4 rings (SSSR count). The molecule has 1 atom stereocenters. The molecule has 1 aliphatic heterocycles. The molecule has 24 heavy (non-hydrogen) atoms. The smallest absolute Gasteiger partial charge is 0.316 e. The highest BCUT2D eigenvalue weighted by Crippen LogP contribution is 2.33. The van der Waals surface area contributed by atoms with Gasteiger partial charge in [-0.3, -0.25) is 0 Å². The second kappa shape index (κ2) is 6.68. The molecule has 0 N–H and O–H groups in total. The number of anilines is 1. The van der Waals surface area contributed by atoms with Crippen LogP contribution in [0.15, 0.2) is 30.2 Å². The molecule has 3 aromatic heterocycles. The molecule has 0 spiro atoms. The van der Waals surface area contributed by atoms with Crippen LogP contribution in [0.2, 0.25) is 0 Å². The van der Waals surface area contributed by atoms with Gasteiger partial charge in [-0.25, -0.2) is 19.9 Å². The van der Waals surface area contributed by atoms with Gasteiger partial charge in [-0.1, -0.05) is 0 Å². The van der Waals surface area contributed by atoms with Gasteiger partial charge in [0.25, 0.3) is 0 Å². The Morgan fingerprint density at radius 3 is 3.00 bits per heavy atom. The van der Waals surface area contributed by atoms with Gasteiger partial charge in [0.1, 0.15) is 12.1 Å². The molecule has 1 fully saturated rings. The SMILES string of the molecule is Cc1csc2c(N3CCCC(COc4ncccn4)C3)ncnc12. The van der Waals surface area contributed by atoms with Gasteiger partial charge in [0, 0.05) is 31.4 Å². The minimum atomic E-state index is 0.452. The summed E-state index contributed by atoms with van der Waals surface area (Å²) in [6, 6.07) is 2.24. The van der Waals surface area contributed by atoms with Gasteiger partial charge in [0.2, 0.25) is 0 Å². The number of ether oxygens (including phenoxy) is 1. The van der Waals surface area contributed by atoms with Gasteiger partial charge >= 0.3 is 6.01 Å². The Bertz CT molecular complexity index is 822. The van der Waals surface area contributed by atoms with E-state index in [-0.39, 0.29) is 0 Å². The van der Waals surface area contributed by atoms with Gasteiger partial charge in [0.15, 0.2) is 0 Å². The predicted octanol–water partition coefficient (Wildman–Crippen LogP) is 3.09. The molecule has 1 aliphatic rings. The number of aryl methyl sites for hydroxylation is 1. The maximum atomic E-state index is 5.74. The predicted molar refractivity (Wildman–Crippen MR) is 94.6 cm³/mol. The van der Waals surface area contributed by atoms with Crippen molar-refractivity contribution < 1.29 is 4.74 Å². The fraction of sp³-hybridized carbons (Fsp3) is 0.412. The molecule has 1 saturated heterocycles. The van der Waals surface area contributed by atoms with E-state index in [1.807, 2.05) is 0 Å². The fourth-order valence-electron chi connectivity index (χ4n) is 3.13. The van der Waals surface area contributed by atoms with Crippen LogP contribution in [0.5, 0.6) is 6.01 Å². The Hall–Kier alpha value is -2.28. The van der Waals surface area contributed by atoms with Crippen LogP contribution in [0.4, 0.5) is 5.82 Å². The molecule has 1 unspecified atom stereocenters. The summed E-state index contributed by atoms with van der Waals surface area (Å²) in [5.41, 5.74) is 2.29. The highest BCUT2D eigenvalue weighted by molar-refractivity contribution is 7.18. The van der Waals surface area contributed by atoms with Crippen molar-refractivity contribution in [2.24, 2.45) is 5.92 Å². The van der Waals surface area contributed by atoms with Crippen molar-refractivity contribution in [3.63, 3.8) is 0 Å². The van der Waals surface area contributed by atoms with Gasteiger partial charge in [-0.05, 0) is 36.8 Å². The first-order valence-electron chi connectivity index (χ1n) is 8.15. The number of hydrogen-bond donors (Lipinski definition) is 0. The molecule has 0 aromatic carbocycles. The second-order valence-electron chi connectivity index (χ2n) is 6.09. The largest absolute Gasteiger partial charge is 0.463 e. The van der Waals surface area contributed by atoms with E-state index in [4.69, 9.17) is 4.74 Å². The lowest BCUT2D eigenvalue weighted by molar-refractivity contribution is 0.214. The molecule has 0 bridgehead atoms. The minimum absolute atomic E-state index is 0.452. The van der Waals surface area contributed by atoms with Crippen LogP contribution in [0.3, 0.4) is 0 Å². The number of piperidine rings is 1. The summed E-state index contributed by atoms with van der Waals surface area (Å²) in [6.45, 7) is 4.71. The lowest BCUT2D eigenvalue weighted by Gasteiger charge is -2.33. The summed E-state index contributed by atoms with van der Waals surface area (Å²) in [6.07, 6.45) is 7.37. The first-order chi connectivity index (χ1) is 11.8. The van der Waals surface area contributed by atoms with Crippen molar-refractivity contribution in [2.45, 2.75) is 19.8 Å². The second-order valence-corrected chi connectivity index (χ2v) is 6.97. The van der Waals surface area contributed by atoms with Crippen molar-refractivity contribution in [2.75, 3.05) is 24.6 Å². The van der Waals surface area contributed by atoms with E-state index in [1.165, 1.54) is 10.3 Å². The van der Waals surface area contributed by atoms with E-state index in [9.17, 15) is 0 Å². The normalized spacial score (nSPS) is 18.0. The van der Waals surface area contributed by atoms with Crippen LogP contribution < -0.4 is 9.64 Å². The van der Waals surface area contributed by atoms with Gasteiger partial charge in [-0.15, -0.1) is 11.3 Å². The Morgan fingerprint density at radius 1 is 1.25 bits per heavy atom. The minimum Gasteiger partial charge on any atom is -0.463 e. The zero-order valence-corrected chi connectivity index (χ0v) is 14.4. The quantitative estimate of drug-likeness (QED) is 0.727. The summed E-state index contributed by atoms with van der Waals surface area (Å²) in [7, 11) is 0. The van der Waals surface area contributed by atoms with Crippen LogP contribution in [-0.4, -0.2) is 39.6 Å². The first kappa shape index (κ1) is 15.3. The van der Waals surface area contributed by atoms with E-state index < -0.39 is 0 Å². The molecule has 3 aromatic rings. The van der Waals surface area contributed by atoms with Gasteiger partial charge in [-0.2, -0.15) is 0 Å². The molecule has 0 aliphatic carbocycles. The Morgan fingerprint density at radius 2 is 2.12 bits per heavy atom. The average Bonchev–Trinajstić information content (AvgIpc) is 3.02. The molecule has 4 heterocycles. The van der Waals surface area contributed by atoms with Crippen LogP contribution >= 0.6 is 11.3 Å². The van der Waals surface area contributed by atoms with Crippen molar-refractivity contribution in [1.82, 2.24) is 19.9 Å². The Kier molecular flexibility index (Phi) is 4.25. The third-order valence-electron chi connectivity index (χ3n) is 4.32. The standard InChI is InChI=1S/C17H19N5OS/c1-12-10-24-15-14(12)20-11-21-16(15)22-7-2-4-13(8-22)9-23-17-18-5-3-6-19-17/h3,5-6,10-11,13H,2,4,7-9H2,1H3. The molecular formula is C17H19N5OS. The lowest BCUT2D eigenvalue weighted by atomic mass is 9.99. The average molecular weight is 341 g/mol. The monoisotopic (exact) mass is 341 g/mol. The topological polar surface area (TPSA) is 64.0 Å². The highest BCUT2D eigenvalue weighted by atomic mass is 32.1. The van der Waals surface area contributed by atoms with Crippen LogP contribution in [0.1, 0.15) is 18.4 Å². The lowest BCUT2D eigenvalue weighted by Crippen LogP contribution is -2.38. The van der Waals surface area contributed by atoms with E-state index in [0.717, 1.165) is 37.3 Å². The third-order valence-corrected chi connectivity index (χ3v) is 5.40. The molecule has 0 saturated carbocycles. The molecule has 0 amide bonds. The number of fused-ring (bicyclic) bond motifs is 1. The van der Waals surface area contributed by atoms with Crippen LogP contribution in [-0.2, 0) is 0 Å². The van der Waals surface area contributed by atoms with E-state index in [0.29, 0.717) is 18.5 Å². The van der Waals surface area contributed by atoms with Crippen LogP contribution in [0.25, 0.3) is 10.2 Å². The zero-order valence-electron chi connectivity index (χ0n) is 13.6. The number of aromatic nitrogens is 4. The number of rotatable bonds is 4. The van der Waals surface area contributed by atoms with Gasteiger partial charge in [0.05, 0.1) is 16.8 Å². The Labute approximate surface area is 144 Å². The van der Waals surface area contributed by atoms with Crippen molar-refractivity contribution >= 4 is 27.4 Å². The zero-order chi connectivity index (χ0) is 16.4. The van der Waals surface area contributed by atoms with E-state index in [1.54, 1.807) is 36.1 Å². The molecular weight excluding hydrogens is 322 g/mol. The van der Waals surface area contributed by atoms with Crippen molar-refractivity contribution in [3.05, 3.63) is 35.7 Å². The summed E-state index contributed by atoms with van der Waals surface area (Å²) < 4.78 is 6.93. The van der Waals surface area contributed by atoms with Crippen molar-refractivity contribution in [1.29, 1.82) is 0 Å². The molecule has 124 valence electrons. The highest BCUT2D eigenvalue weighted by Gasteiger charge is 2.24. The number of thiophene rings is 1. The molecule has 7 heteroatoms. The van der Waals surface area contributed by atoms with Crippen molar-refractivity contribution in [3.8, 4) is 6.01 Å². The number of nitrogens with zero attached hydrogens (tertiary/aromatic N) is 5. The Balaban J connectivity index is 1.48. The summed E-state index contributed by atoms with van der Waals surface area (Å²) in [5.74, 6) is 1.51. The summed E-state index contributed by atoms with van der Waals surface area (Å²) in [5, 5.41) is 2.15. The van der Waals surface area contributed by atoms with E-state index in [2.05, 4.69) is 37.1 Å². The fourth-order valence-corrected chi connectivity index (χ4v) is 4.15.